The van der Waals surface area contributed by atoms with Gasteiger partial charge in [0.05, 0.1) is 55.7 Å². The summed E-state index contributed by atoms with van der Waals surface area (Å²) in [4.78, 5) is 41.4. The fourth-order valence-electron chi connectivity index (χ4n) is 20.1. The standard InChI is InChI=1S/C59H36N4S.C56H33N3S/c1-3-16-39(17-4-1)56-61-57(40-18-5-2-6-19-40)63-58(62-56)42-21-15-20-41(34-42)37-30-32-38(33-31-37)55-47-35-46-43-22-7-9-24-48(43)59(51(46)36-45(47)44-23-8-12-27-52(44)60-55)49-25-10-13-28-53(49)64-54-29-14-11-26-50(54)59;1-2-12-34(13-3-1)48-30-28-37-26-27-38-29-31-49(58-55(38)54(37)57-48)35-22-24-36(25-23-35)53-43-32-42-39-14-4-6-16-44(39)56(47(42)33-41(43)40-15-5-9-19-50(40)59-53)45-17-7-10-20-51(45)60-52-21-11-8-18-46(52)56/h1-36H;1-33H. The van der Waals surface area contributed by atoms with Crippen molar-refractivity contribution < 1.29 is 0 Å². The van der Waals surface area contributed by atoms with Crippen LogP contribution >= 0.6 is 23.5 Å². The summed E-state index contributed by atoms with van der Waals surface area (Å²) >= 11 is 3.76. The zero-order valence-corrected chi connectivity index (χ0v) is 68.4. The quantitative estimate of drug-likeness (QED) is 0.138. The third-order valence-corrected chi connectivity index (χ3v) is 28.0. The van der Waals surface area contributed by atoms with Gasteiger partial charge in [-0.25, -0.2) is 34.9 Å². The Labute approximate surface area is 724 Å². The van der Waals surface area contributed by atoms with Crippen LogP contribution in [0, 0.1) is 0 Å². The molecule has 576 valence electrons. The van der Waals surface area contributed by atoms with Gasteiger partial charge in [0.25, 0.3) is 0 Å². The van der Waals surface area contributed by atoms with Gasteiger partial charge in [0.2, 0.25) is 0 Å². The van der Waals surface area contributed by atoms with E-state index in [0.717, 1.165) is 127 Å². The fourth-order valence-corrected chi connectivity index (χ4v) is 22.5. The number of para-hydroxylation sites is 2. The summed E-state index contributed by atoms with van der Waals surface area (Å²) in [7, 11) is 0. The average Bonchev–Trinajstić information content (AvgIpc) is 1.50. The normalized spacial score (nSPS) is 13.2. The molecule has 0 radical (unpaired) electrons. The van der Waals surface area contributed by atoms with Gasteiger partial charge in [-0.3, -0.25) is 0 Å². The molecule has 0 saturated heterocycles. The van der Waals surface area contributed by atoms with Crippen LogP contribution in [0.1, 0.15) is 44.5 Å². The molecule has 4 aliphatic rings. The lowest BCUT2D eigenvalue weighted by molar-refractivity contribution is 0.723. The Bertz CT molecular complexity index is 8030. The molecule has 0 unspecified atom stereocenters. The van der Waals surface area contributed by atoms with Crippen LogP contribution in [-0.4, -0.2) is 34.9 Å². The molecule has 124 heavy (non-hydrogen) atoms. The third kappa shape index (κ3) is 11.2. The first kappa shape index (κ1) is 71.5. The maximum absolute atomic E-state index is 5.43. The SMILES string of the molecule is c1ccc(-c2ccc3ccc4ccc(-c5ccc(-c6nc7ccccc7c7cc8c(cc67)-c6ccccc6C86c7ccccc7Sc7ccccc76)cc5)nc4c3n2)cc1.c1ccc(-c2nc(-c3ccccc3)nc(-c3cccc(-c4ccc(-c5nc6ccccc6c6cc7c(cc56)-c5ccccc5C75c6ccccc6Sc6ccccc65)cc4)c3)n2)cc1. The molecule has 26 rings (SSSR count). The van der Waals surface area contributed by atoms with Crippen molar-refractivity contribution in [3.05, 3.63) is 463 Å². The highest BCUT2D eigenvalue weighted by Gasteiger charge is 2.52. The monoisotopic (exact) mass is 1610 g/mol. The topological polar surface area (TPSA) is 90.2 Å². The van der Waals surface area contributed by atoms with E-state index in [-0.39, 0.29) is 0 Å². The summed E-state index contributed by atoms with van der Waals surface area (Å²) < 4.78 is 0. The van der Waals surface area contributed by atoms with E-state index >= 15 is 0 Å². The van der Waals surface area contributed by atoms with E-state index in [1.165, 1.54) is 97.1 Å². The lowest BCUT2D eigenvalue weighted by atomic mass is 9.67. The number of rotatable bonds is 8. The summed E-state index contributed by atoms with van der Waals surface area (Å²) in [6.07, 6.45) is 0. The molecule has 0 saturated carbocycles. The number of aromatic nitrogens is 7. The number of nitrogens with zero attached hydrogens (tertiary/aromatic N) is 7. The fraction of sp³-hybridized carbons (Fsp3) is 0.0174. The second-order valence-electron chi connectivity index (χ2n) is 32.4. The zero-order valence-electron chi connectivity index (χ0n) is 66.8. The molecule has 17 aromatic carbocycles. The highest BCUT2D eigenvalue weighted by molar-refractivity contribution is 7.99. The first-order valence-corrected chi connectivity index (χ1v) is 43.7. The average molecular weight is 1610 g/mol. The molecule has 7 nitrogen and oxygen atoms in total. The number of hydrogen-bond acceptors (Lipinski definition) is 9. The molecular weight excluding hydrogens is 1540 g/mol. The lowest BCUT2D eigenvalue weighted by Crippen LogP contribution is -2.31. The van der Waals surface area contributed by atoms with Gasteiger partial charge < -0.3 is 0 Å². The van der Waals surface area contributed by atoms with Crippen molar-refractivity contribution >= 4 is 88.7 Å². The van der Waals surface area contributed by atoms with Crippen LogP contribution in [0.3, 0.4) is 0 Å². The minimum atomic E-state index is -0.452. The van der Waals surface area contributed by atoms with E-state index in [2.05, 4.69) is 352 Å². The minimum absolute atomic E-state index is 0.443. The van der Waals surface area contributed by atoms with Crippen molar-refractivity contribution in [2.24, 2.45) is 0 Å². The van der Waals surface area contributed by atoms with Gasteiger partial charge in [-0.15, -0.1) is 0 Å². The van der Waals surface area contributed by atoms with E-state index in [0.29, 0.717) is 17.5 Å². The second kappa shape index (κ2) is 28.7. The highest BCUT2D eigenvalue weighted by Crippen LogP contribution is 2.65. The van der Waals surface area contributed by atoms with Gasteiger partial charge in [0.15, 0.2) is 17.5 Å². The van der Waals surface area contributed by atoms with Crippen molar-refractivity contribution in [2.75, 3.05) is 0 Å². The number of pyridine rings is 4. The summed E-state index contributed by atoms with van der Waals surface area (Å²) in [6, 6.07) is 151. The van der Waals surface area contributed by atoms with Crippen LogP contribution in [0.4, 0.5) is 0 Å². The van der Waals surface area contributed by atoms with Crippen LogP contribution in [0.25, 0.3) is 178 Å². The van der Waals surface area contributed by atoms with Crippen molar-refractivity contribution in [1.82, 2.24) is 34.9 Å². The largest absolute Gasteiger partial charge is 0.247 e. The molecule has 2 aliphatic heterocycles. The van der Waals surface area contributed by atoms with Gasteiger partial charge >= 0.3 is 0 Å². The molecule has 2 aliphatic carbocycles. The van der Waals surface area contributed by atoms with Crippen molar-refractivity contribution in [2.45, 2.75) is 30.4 Å². The molecule has 9 heteroatoms. The van der Waals surface area contributed by atoms with Gasteiger partial charge in [-0.2, -0.15) is 0 Å². The summed E-state index contributed by atoms with van der Waals surface area (Å²) in [5.41, 5.74) is 31.7. The Hall–Kier alpha value is -15.4. The van der Waals surface area contributed by atoms with E-state index in [9.17, 15) is 0 Å². The Morgan fingerprint density at radius 3 is 0.952 bits per heavy atom. The maximum atomic E-state index is 5.43. The molecular formula is C115H69N7S2. The van der Waals surface area contributed by atoms with Crippen molar-refractivity contribution in [3.8, 4) is 113 Å². The summed E-state index contributed by atoms with van der Waals surface area (Å²) in [6.45, 7) is 0. The first-order chi connectivity index (χ1) is 61.4. The highest BCUT2D eigenvalue weighted by atomic mass is 32.2. The Morgan fingerprint density at radius 2 is 0.508 bits per heavy atom. The molecule has 0 fully saturated rings. The Kier molecular flexibility index (Phi) is 16.5. The molecule has 0 N–H and O–H groups in total. The van der Waals surface area contributed by atoms with Crippen LogP contribution in [0.2, 0.25) is 0 Å². The predicted molar refractivity (Wildman–Crippen MR) is 509 cm³/mol. The van der Waals surface area contributed by atoms with E-state index < -0.39 is 10.8 Å². The number of fused-ring (bicyclic) bond motifs is 27. The van der Waals surface area contributed by atoms with Crippen LogP contribution in [0.5, 0.6) is 0 Å². The van der Waals surface area contributed by atoms with Crippen LogP contribution in [0.15, 0.2) is 438 Å². The summed E-state index contributed by atoms with van der Waals surface area (Å²) in [5.74, 6) is 1.92. The van der Waals surface area contributed by atoms with Crippen LogP contribution < -0.4 is 0 Å². The third-order valence-electron chi connectivity index (χ3n) is 25.7. The molecule has 0 amide bonds. The van der Waals surface area contributed by atoms with Gasteiger partial charge in [0.1, 0.15) is 0 Å². The van der Waals surface area contributed by atoms with E-state index in [1.807, 2.05) is 90.3 Å². The maximum Gasteiger partial charge on any atom is 0.164 e. The minimum Gasteiger partial charge on any atom is -0.247 e. The smallest absolute Gasteiger partial charge is 0.164 e. The predicted octanol–water partition coefficient (Wildman–Crippen LogP) is 29.0. The Morgan fingerprint density at radius 1 is 0.177 bits per heavy atom. The molecule has 0 bridgehead atoms. The molecule has 2 spiro atoms. The van der Waals surface area contributed by atoms with Gasteiger partial charge in [-0.05, 0) is 168 Å². The molecule has 22 aromatic rings. The van der Waals surface area contributed by atoms with Crippen LogP contribution in [-0.2, 0) is 10.8 Å². The van der Waals surface area contributed by atoms with E-state index in [4.69, 9.17) is 34.9 Å². The summed E-state index contributed by atoms with van der Waals surface area (Å²) in [5, 5.41) is 9.17. The van der Waals surface area contributed by atoms with Crippen molar-refractivity contribution in [1.29, 1.82) is 0 Å². The van der Waals surface area contributed by atoms with E-state index in [1.54, 1.807) is 0 Å². The number of benzene rings is 17. The number of hydrogen-bond donors (Lipinski definition) is 0. The Balaban J connectivity index is 0.000000136. The molecule has 5 aromatic heterocycles. The molecule has 7 heterocycles. The van der Waals surface area contributed by atoms with Crippen molar-refractivity contribution in [3.63, 3.8) is 0 Å². The van der Waals surface area contributed by atoms with Gasteiger partial charge in [-0.1, -0.05) is 363 Å². The molecule has 0 atom stereocenters. The zero-order chi connectivity index (χ0) is 81.6. The first-order valence-electron chi connectivity index (χ1n) is 42.1. The van der Waals surface area contributed by atoms with Gasteiger partial charge in [0, 0.05) is 90.8 Å². The lowest BCUT2D eigenvalue weighted by Gasteiger charge is -2.39. The second-order valence-corrected chi connectivity index (χ2v) is 34.5.